The molecule has 0 saturated carbocycles. The predicted molar refractivity (Wildman–Crippen MR) is 76.3 cm³/mol. The minimum atomic E-state index is -0.338. The Kier molecular flexibility index (Phi) is 2.52. The van der Waals surface area contributed by atoms with Gasteiger partial charge in [-0.05, 0) is 18.2 Å². The van der Waals surface area contributed by atoms with Gasteiger partial charge in [0.25, 0.3) is 0 Å². The Bertz CT molecular complexity index is 975. The van der Waals surface area contributed by atoms with Gasteiger partial charge in [0.15, 0.2) is 11.5 Å². The van der Waals surface area contributed by atoms with Crippen molar-refractivity contribution in [3.8, 4) is 0 Å². The van der Waals surface area contributed by atoms with Crippen LogP contribution in [0.3, 0.4) is 0 Å². The fourth-order valence-corrected chi connectivity index (χ4v) is 2.36. The van der Waals surface area contributed by atoms with Gasteiger partial charge in [-0.15, -0.1) is 0 Å². The number of benzene rings is 1. The zero-order valence-corrected chi connectivity index (χ0v) is 11.3. The average molecular weight is 299 g/mol. The molecular weight excluding hydrogens is 292 g/mol. The van der Waals surface area contributed by atoms with Crippen molar-refractivity contribution in [1.82, 2.24) is 20.1 Å². The first kappa shape index (κ1) is 12.0. The van der Waals surface area contributed by atoms with E-state index in [1.807, 2.05) is 6.07 Å². The van der Waals surface area contributed by atoms with Gasteiger partial charge in [0.05, 0.1) is 17.2 Å². The number of aromatic nitrogens is 4. The van der Waals surface area contributed by atoms with Crippen molar-refractivity contribution in [2.45, 2.75) is 0 Å². The van der Waals surface area contributed by atoms with Crippen LogP contribution < -0.4 is 0 Å². The molecule has 0 aliphatic carbocycles. The van der Waals surface area contributed by atoms with Crippen LogP contribution in [0.2, 0.25) is 5.02 Å². The summed E-state index contributed by atoms with van der Waals surface area (Å²) >= 11 is 6.01. The molecule has 3 aromatic heterocycles. The van der Waals surface area contributed by atoms with Crippen LogP contribution in [0.25, 0.3) is 21.9 Å². The van der Waals surface area contributed by atoms with Gasteiger partial charge in [-0.3, -0.25) is 9.78 Å². The molecule has 0 amide bonds. The van der Waals surface area contributed by atoms with Crippen LogP contribution in [0.4, 0.5) is 0 Å². The van der Waals surface area contributed by atoms with Crippen LogP contribution in [0.1, 0.15) is 16.3 Å². The molecule has 6 nitrogen and oxygen atoms in total. The Hall–Kier alpha value is -2.73. The number of carbonyl (C=O) groups excluding carboxylic acids is 1. The maximum Gasteiger partial charge on any atom is 0.250 e. The first-order valence-electron chi connectivity index (χ1n) is 6.11. The van der Waals surface area contributed by atoms with E-state index in [0.29, 0.717) is 16.1 Å². The first-order chi connectivity index (χ1) is 10.2. The molecule has 0 radical (unpaired) electrons. The number of H-pyrrole nitrogens is 1. The van der Waals surface area contributed by atoms with Gasteiger partial charge >= 0.3 is 0 Å². The van der Waals surface area contributed by atoms with Gasteiger partial charge in [-0.1, -0.05) is 16.8 Å². The number of halogens is 1. The molecule has 3 heterocycles. The minimum absolute atomic E-state index is 0.188. The molecular formula is C14H7ClN4O2. The van der Waals surface area contributed by atoms with Crippen molar-refractivity contribution in [3.05, 3.63) is 53.3 Å². The lowest BCUT2D eigenvalue weighted by atomic mass is 10.2. The zero-order valence-electron chi connectivity index (χ0n) is 10.5. The molecule has 102 valence electrons. The summed E-state index contributed by atoms with van der Waals surface area (Å²) in [5.74, 6) is -0.150. The molecule has 1 N–H and O–H groups in total. The van der Waals surface area contributed by atoms with E-state index in [1.165, 1.54) is 12.3 Å². The van der Waals surface area contributed by atoms with Crippen molar-refractivity contribution in [2.75, 3.05) is 0 Å². The standard InChI is InChI=1S/C14H7ClN4O2/c15-7-1-2-9-8(5-7)12-11(6-16-9)17-14(18-12)13(20)10-3-4-21-19-10/h1-6H,(H,17,18). The average Bonchev–Trinajstić information content (AvgIpc) is 3.15. The lowest BCUT2D eigenvalue weighted by Crippen LogP contribution is -2.03. The summed E-state index contributed by atoms with van der Waals surface area (Å²) in [5, 5.41) is 4.99. The lowest BCUT2D eigenvalue weighted by molar-refractivity contribution is 0.102. The van der Waals surface area contributed by atoms with Crippen molar-refractivity contribution < 1.29 is 9.32 Å². The first-order valence-corrected chi connectivity index (χ1v) is 6.49. The van der Waals surface area contributed by atoms with Gasteiger partial charge in [-0.25, -0.2) is 4.98 Å². The van der Waals surface area contributed by atoms with Gasteiger partial charge in [0, 0.05) is 16.5 Å². The molecule has 0 aliphatic rings. The van der Waals surface area contributed by atoms with E-state index in [1.54, 1.807) is 18.3 Å². The fourth-order valence-electron chi connectivity index (χ4n) is 2.19. The van der Waals surface area contributed by atoms with Gasteiger partial charge in [-0.2, -0.15) is 0 Å². The van der Waals surface area contributed by atoms with Crippen LogP contribution in [-0.4, -0.2) is 25.9 Å². The molecule has 1 aromatic carbocycles. The van der Waals surface area contributed by atoms with Crippen LogP contribution in [0.5, 0.6) is 0 Å². The van der Waals surface area contributed by atoms with Gasteiger partial charge < -0.3 is 9.51 Å². The second-order valence-electron chi connectivity index (χ2n) is 4.48. The van der Waals surface area contributed by atoms with Crippen LogP contribution in [0.15, 0.2) is 41.2 Å². The molecule has 4 aromatic rings. The van der Waals surface area contributed by atoms with Gasteiger partial charge in [0.2, 0.25) is 5.78 Å². The number of fused-ring (bicyclic) bond motifs is 3. The van der Waals surface area contributed by atoms with E-state index in [4.69, 9.17) is 11.6 Å². The molecule has 0 bridgehead atoms. The zero-order chi connectivity index (χ0) is 14.4. The lowest BCUT2D eigenvalue weighted by Gasteiger charge is -1.97. The van der Waals surface area contributed by atoms with E-state index >= 15 is 0 Å². The van der Waals surface area contributed by atoms with E-state index in [-0.39, 0.29) is 17.3 Å². The number of nitrogens with zero attached hydrogens (tertiary/aromatic N) is 3. The summed E-state index contributed by atoms with van der Waals surface area (Å²) in [6.45, 7) is 0. The summed E-state index contributed by atoms with van der Waals surface area (Å²) < 4.78 is 4.67. The highest BCUT2D eigenvalue weighted by molar-refractivity contribution is 6.31. The summed E-state index contributed by atoms with van der Waals surface area (Å²) in [6, 6.07) is 6.84. The second kappa shape index (κ2) is 4.39. The maximum absolute atomic E-state index is 12.2. The largest absolute Gasteiger partial charge is 0.364 e. The molecule has 4 rings (SSSR count). The number of aromatic amines is 1. The minimum Gasteiger partial charge on any atom is -0.364 e. The SMILES string of the molecule is O=C(c1ccon1)c1nc2c(cnc3ccc(Cl)cc32)[nH]1. The highest BCUT2D eigenvalue weighted by Gasteiger charge is 2.17. The van der Waals surface area contributed by atoms with Crippen molar-refractivity contribution in [3.63, 3.8) is 0 Å². The highest BCUT2D eigenvalue weighted by atomic mass is 35.5. The molecule has 0 atom stereocenters. The van der Waals surface area contributed by atoms with E-state index in [9.17, 15) is 4.79 Å². The topological polar surface area (TPSA) is 84.7 Å². The Morgan fingerprint density at radius 3 is 3.00 bits per heavy atom. The molecule has 0 saturated heterocycles. The number of ketones is 1. The highest BCUT2D eigenvalue weighted by Crippen LogP contribution is 2.25. The summed E-state index contributed by atoms with van der Waals surface area (Å²) in [5.41, 5.74) is 2.27. The molecule has 0 spiro atoms. The number of nitrogens with one attached hydrogen (secondary N) is 1. The summed E-state index contributed by atoms with van der Waals surface area (Å²) in [7, 11) is 0. The van der Waals surface area contributed by atoms with E-state index in [2.05, 4.69) is 24.6 Å². The van der Waals surface area contributed by atoms with Crippen LogP contribution in [-0.2, 0) is 0 Å². The third kappa shape index (κ3) is 1.88. The Labute approximate surface area is 122 Å². The molecule has 21 heavy (non-hydrogen) atoms. The fraction of sp³-hybridized carbons (Fsp3) is 0. The maximum atomic E-state index is 12.2. The van der Waals surface area contributed by atoms with Crippen molar-refractivity contribution >= 4 is 39.3 Å². The number of carbonyl (C=O) groups is 1. The summed E-state index contributed by atoms with van der Waals surface area (Å²) in [4.78, 5) is 23.8. The monoisotopic (exact) mass is 298 g/mol. The third-order valence-corrected chi connectivity index (χ3v) is 3.40. The Balaban J connectivity index is 1.95. The normalized spacial score (nSPS) is 11.3. The van der Waals surface area contributed by atoms with Crippen LogP contribution in [0, 0.1) is 0 Å². The van der Waals surface area contributed by atoms with E-state index in [0.717, 1.165) is 10.9 Å². The Morgan fingerprint density at radius 2 is 2.19 bits per heavy atom. The summed E-state index contributed by atoms with van der Waals surface area (Å²) in [6.07, 6.45) is 2.98. The van der Waals surface area contributed by atoms with Crippen molar-refractivity contribution in [1.29, 1.82) is 0 Å². The molecule has 0 fully saturated rings. The smallest absolute Gasteiger partial charge is 0.250 e. The Morgan fingerprint density at radius 1 is 1.29 bits per heavy atom. The van der Waals surface area contributed by atoms with Crippen LogP contribution >= 0.6 is 11.6 Å². The molecule has 0 aliphatic heterocycles. The molecule has 7 heteroatoms. The van der Waals surface area contributed by atoms with Gasteiger partial charge in [0.1, 0.15) is 11.8 Å². The number of hydrogen-bond donors (Lipinski definition) is 1. The quantitative estimate of drug-likeness (QED) is 0.575. The number of imidazole rings is 1. The van der Waals surface area contributed by atoms with Crippen molar-refractivity contribution in [2.24, 2.45) is 0 Å². The second-order valence-corrected chi connectivity index (χ2v) is 4.92. The third-order valence-electron chi connectivity index (χ3n) is 3.16. The number of hydrogen-bond acceptors (Lipinski definition) is 5. The van der Waals surface area contributed by atoms with E-state index < -0.39 is 0 Å². The number of rotatable bonds is 2. The predicted octanol–water partition coefficient (Wildman–Crippen LogP) is 2.98. The number of pyridine rings is 1. The molecule has 0 unspecified atom stereocenters.